The molecule has 0 radical (unpaired) electrons. The quantitative estimate of drug-likeness (QED) is 0.808. The number of anilines is 1. The van der Waals surface area contributed by atoms with Crippen LogP contribution in [0.5, 0.6) is 11.5 Å². The van der Waals surface area contributed by atoms with E-state index in [1.807, 2.05) is 26.0 Å². The van der Waals surface area contributed by atoms with Crippen LogP contribution in [0.4, 0.5) is 5.82 Å². The van der Waals surface area contributed by atoms with Crippen molar-refractivity contribution in [3.05, 3.63) is 41.6 Å². The van der Waals surface area contributed by atoms with Crippen molar-refractivity contribution < 1.29 is 22.9 Å². The summed E-state index contributed by atoms with van der Waals surface area (Å²) in [5.41, 5.74) is 2.13. The van der Waals surface area contributed by atoms with Gasteiger partial charge in [0.1, 0.15) is 35.2 Å². The average Bonchev–Trinajstić information content (AvgIpc) is 2.91. The lowest BCUT2D eigenvalue weighted by Crippen LogP contribution is -2.18. The topological polar surface area (TPSA) is 105 Å². The van der Waals surface area contributed by atoms with E-state index in [2.05, 4.69) is 10.3 Å². The highest BCUT2D eigenvalue weighted by molar-refractivity contribution is 7.89. The summed E-state index contributed by atoms with van der Waals surface area (Å²) in [5, 5.41) is 8.30. The molecule has 1 aromatic heterocycles. The zero-order chi connectivity index (χ0) is 18.0. The molecule has 2 aromatic rings. The zero-order valence-corrected chi connectivity index (χ0v) is 15.0. The molecule has 0 aliphatic carbocycles. The molecular weight excluding hydrogens is 342 g/mol. The Morgan fingerprint density at radius 2 is 2.20 bits per heavy atom. The predicted octanol–water partition coefficient (Wildman–Crippen LogP) is 1.48. The first-order valence-electron chi connectivity index (χ1n) is 8.10. The molecule has 1 aliphatic heterocycles. The summed E-state index contributed by atoms with van der Waals surface area (Å²) in [5.74, 6) is 2.39. The van der Waals surface area contributed by atoms with Gasteiger partial charge in [-0.15, -0.1) is 0 Å². The van der Waals surface area contributed by atoms with E-state index >= 15 is 0 Å². The molecule has 1 aromatic carbocycles. The lowest BCUT2D eigenvalue weighted by molar-refractivity contribution is -0.364. The van der Waals surface area contributed by atoms with Crippen LogP contribution in [0.15, 0.2) is 35.4 Å². The van der Waals surface area contributed by atoms with Gasteiger partial charge in [0.25, 0.3) is 5.82 Å². The number of rotatable bonds is 6. The van der Waals surface area contributed by atoms with Gasteiger partial charge in [0.05, 0.1) is 6.61 Å². The van der Waals surface area contributed by atoms with E-state index in [-0.39, 0.29) is 11.0 Å². The highest BCUT2D eigenvalue weighted by atomic mass is 32.2. The van der Waals surface area contributed by atoms with Crippen LogP contribution in [0.25, 0.3) is 0 Å². The fraction of sp³-hybridized carbons (Fsp3) is 0.353. The standard InChI is InChI=1S/C17H21N3O4S/c1-3-23-15-7-12-6-11(2)24-16(12)8-13(15)9-19-17-5-4-14(10-20-17)25(18,21)22/h4-5,7-8,10-11H,3,6,9H2,1-2H3,(H,19,20)(H2,18,21,22)/p+1/t11-/m0/s1. The smallest absolute Gasteiger partial charge is 0.272 e. The van der Waals surface area contributed by atoms with Crippen molar-refractivity contribution in [1.29, 1.82) is 0 Å². The van der Waals surface area contributed by atoms with Crippen LogP contribution in [0.3, 0.4) is 0 Å². The van der Waals surface area contributed by atoms with Gasteiger partial charge in [0, 0.05) is 23.6 Å². The van der Waals surface area contributed by atoms with Gasteiger partial charge in [-0.1, -0.05) is 0 Å². The van der Waals surface area contributed by atoms with Crippen LogP contribution in [0, 0.1) is 0 Å². The highest BCUT2D eigenvalue weighted by Gasteiger charge is 2.22. The van der Waals surface area contributed by atoms with Gasteiger partial charge >= 0.3 is 0 Å². The second-order valence-corrected chi connectivity index (χ2v) is 7.53. The summed E-state index contributed by atoms with van der Waals surface area (Å²) in [6, 6.07) is 7.11. The van der Waals surface area contributed by atoms with Gasteiger partial charge in [-0.3, -0.25) is 5.32 Å². The number of H-pyrrole nitrogens is 1. The number of aromatic amines is 1. The summed E-state index contributed by atoms with van der Waals surface area (Å²) < 4.78 is 34.1. The van der Waals surface area contributed by atoms with Crippen LogP contribution in [-0.4, -0.2) is 21.1 Å². The van der Waals surface area contributed by atoms with E-state index in [0.29, 0.717) is 19.0 Å². The normalized spacial score (nSPS) is 16.2. The van der Waals surface area contributed by atoms with Gasteiger partial charge in [0.15, 0.2) is 0 Å². The van der Waals surface area contributed by atoms with Crippen molar-refractivity contribution in [1.82, 2.24) is 0 Å². The van der Waals surface area contributed by atoms with E-state index in [1.165, 1.54) is 12.3 Å². The molecule has 1 atom stereocenters. The molecule has 134 valence electrons. The molecule has 1 aliphatic rings. The van der Waals surface area contributed by atoms with Crippen molar-refractivity contribution >= 4 is 15.8 Å². The SMILES string of the molecule is CCOc1cc2c(cc1CNc1ccc(S(N)(=O)=O)c[nH+]1)O[C@@H](C)C2. The number of nitrogens with two attached hydrogens (primary N) is 1. The third-order valence-corrected chi connectivity index (χ3v) is 4.87. The third kappa shape index (κ3) is 4.02. The van der Waals surface area contributed by atoms with Crippen LogP contribution < -0.4 is 24.9 Å². The maximum atomic E-state index is 11.3. The number of sulfonamides is 1. The molecule has 0 bridgehead atoms. The number of hydrogen-bond donors (Lipinski definition) is 2. The molecule has 0 spiro atoms. The molecule has 7 nitrogen and oxygen atoms in total. The van der Waals surface area contributed by atoms with E-state index in [1.54, 1.807) is 6.07 Å². The number of fused-ring (bicyclic) bond motifs is 1. The molecule has 3 rings (SSSR count). The molecular formula is C17H22N3O4S+. The number of nitrogens with one attached hydrogen (secondary N) is 2. The fourth-order valence-corrected chi connectivity index (χ4v) is 3.28. The zero-order valence-electron chi connectivity index (χ0n) is 14.2. The Balaban J connectivity index is 1.77. The van der Waals surface area contributed by atoms with Gasteiger partial charge in [0.2, 0.25) is 10.0 Å². The fourth-order valence-electron chi connectivity index (χ4n) is 2.80. The minimum atomic E-state index is -3.71. The van der Waals surface area contributed by atoms with Crippen molar-refractivity contribution in [2.75, 3.05) is 11.9 Å². The number of hydrogen-bond acceptors (Lipinski definition) is 5. The second-order valence-electron chi connectivity index (χ2n) is 5.97. The summed E-state index contributed by atoms with van der Waals surface area (Å²) in [6.07, 6.45) is 2.41. The largest absolute Gasteiger partial charge is 0.493 e. The molecule has 8 heteroatoms. The van der Waals surface area contributed by atoms with Crippen LogP contribution in [-0.2, 0) is 23.0 Å². The van der Waals surface area contributed by atoms with Gasteiger partial charge in [-0.05, 0) is 32.0 Å². The monoisotopic (exact) mass is 364 g/mol. The first-order valence-corrected chi connectivity index (χ1v) is 9.65. The van der Waals surface area contributed by atoms with Crippen molar-refractivity contribution in [2.24, 2.45) is 5.14 Å². The molecule has 2 heterocycles. The Morgan fingerprint density at radius 1 is 1.40 bits per heavy atom. The molecule has 0 unspecified atom stereocenters. The van der Waals surface area contributed by atoms with E-state index in [0.717, 1.165) is 29.0 Å². The van der Waals surface area contributed by atoms with Crippen LogP contribution in [0.2, 0.25) is 0 Å². The number of ether oxygens (including phenoxy) is 2. The van der Waals surface area contributed by atoms with Gasteiger partial charge in [-0.2, -0.15) is 0 Å². The highest BCUT2D eigenvalue weighted by Crippen LogP contribution is 2.35. The molecule has 25 heavy (non-hydrogen) atoms. The number of aromatic nitrogens is 1. The Kier molecular flexibility index (Phi) is 4.82. The molecule has 4 N–H and O–H groups in total. The summed E-state index contributed by atoms with van der Waals surface area (Å²) in [7, 11) is -3.71. The lowest BCUT2D eigenvalue weighted by Gasteiger charge is -2.11. The first kappa shape index (κ1) is 17.5. The average molecular weight is 364 g/mol. The van der Waals surface area contributed by atoms with E-state index in [9.17, 15) is 8.42 Å². The van der Waals surface area contributed by atoms with Crippen molar-refractivity contribution in [3.63, 3.8) is 0 Å². The van der Waals surface area contributed by atoms with Crippen molar-refractivity contribution in [2.45, 2.75) is 37.8 Å². The van der Waals surface area contributed by atoms with Crippen molar-refractivity contribution in [3.8, 4) is 11.5 Å². The summed E-state index contributed by atoms with van der Waals surface area (Å²) >= 11 is 0. The maximum absolute atomic E-state index is 11.3. The lowest BCUT2D eigenvalue weighted by atomic mass is 10.1. The molecule has 0 saturated carbocycles. The Bertz CT molecular complexity index is 866. The number of pyridine rings is 1. The Morgan fingerprint density at radius 3 is 2.84 bits per heavy atom. The minimum absolute atomic E-state index is 0.0352. The predicted molar refractivity (Wildman–Crippen MR) is 93.1 cm³/mol. The van der Waals surface area contributed by atoms with Gasteiger partial charge in [-0.25, -0.2) is 18.5 Å². The number of benzene rings is 1. The van der Waals surface area contributed by atoms with Crippen LogP contribution >= 0.6 is 0 Å². The molecule has 0 saturated heterocycles. The number of primary sulfonamides is 1. The Labute approximate surface area is 147 Å². The van der Waals surface area contributed by atoms with E-state index < -0.39 is 10.0 Å². The summed E-state index contributed by atoms with van der Waals surface area (Å²) in [4.78, 5) is 2.92. The van der Waals surface area contributed by atoms with Crippen LogP contribution in [0.1, 0.15) is 25.0 Å². The van der Waals surface area contributed by atoms with E-state index in [4.69, 9.17) is 14.6 Å². The molecule has 0 fully saturated rings. The Hall–Kier alpha value is -2.32. The second kappa shape index (κ2) is 6.89. The first-order chi connectivity index (χ1) is 11.9. The summed E-state index contributed by atoms with van der Waals surface area (Å²) in [6.45, 7) is 5.08. The minimum Gasteiger partial charge on any atom is -0.493 e. The third-order valence-electron chi connectivity index (χ3n) is 3.96. The maximum Gasteiger partial charge on any atom is 0.272 e. The molecule has 0 amide bonds. The van der Waals surface area contributed by atoms with Gasteiger partial charge < -0.3 is 9.47 Å².